The highest BCUT2D eigenvalue weighted by atomic mass is 19.1. The van der Waals surface area contributed by atoms with Crippen LogP contribution in [0, 0.1) is 11.8 Å². The van der Waals surface area contributed by atoms with E-state index in [-0.39, 0.29) is 12.6 Å². The highest BCUT2D eigenvalue weighted by molar-refractivity contribution is 5.32. The number of halogens is 1. The summed E-state index contributed by atoms with van der Waals surface area (Å²) in [5.41, 5.74) is 0. The monoisotopic (exact) mass is 185 g/mol. The molecule has 0 aromatic heterocycles. The molecule has 0 aromatic carbocycles. The molecule has 2 unspecified atom stereocenters. The lowest BCUT2D eigenvalue weighted by Gasteiger charge is -2.26. The maximum absolute atomic E-state index is 12.4. The van der Waals surface area contributed by atoms with Crippen LogP contribution in [-0.2, 0) is 4.79 Å². The van der Waals surface area contributed by atoms with Crippen LogP contribution in [0.2, 0.25) is 0 Å². The van der Waals surface area contributed by atoms with Crippen molar-refractivity contribution in [2.45, 2.75) is 32.1 Å². The molecule has 0 N–H and O–H groups in total. The predicted molar refractivity (Wildman–Crippen MR) is 49.0 cm³/mol. The second kappa shape index (κ2) is 5.87. The van der Waals surface area contributed by atoms with Crippen molar-refractivity contribution in [1.82, 2.24) is 0 Å². The Morgan fingerprint density at radius 3 is 2.85 bits per heavy atom. The zero-order valence-electron chi connectivity index (χ0n) is 7.84. The Morgan fingerprint density at radius 1 is 1.38 bits per heavy atom. The van der Waals surface area contributed by atoms with Gasteiger partial charge in [-0.15, -0.1) is 0 Å². The van der Waals surface area contributed by atoms with E-state index in [9.17, 15) is 9.18 Å². The fourth-order valence-electron chi connectivity index (χ4n) is 2.10. The zero-order chi connectivity index (χ0) is 9.52. The van der Waals surface area contributed by atoms with Crippen molar-refractivity contribution in [1.29, 1.82) is 0 Å². The highest BCUT2D eigenvalue weighted by Gasteiger charge is 2.21. The third kappa shape index (κ3) is 3.69. The third-order valence-electron chi connectivity index (χ3n) is 2.82. The molecule has 3 heteroatoms. The second-order valence-electron chi connectivity index (χ2n) is 3.81. The summed E-state index contributed by atoms with van der Waals surface area (Å²) < 4.78 is 12.4. The molecule has 2 nitrogen and oxygen atoms in total. The lowest BCUT2D eigenvalue weighted by Crippen LogP contribution is -2.17. The van der Waals surface area contributed by atoms with Gasteiger partial charge in [-0.2, -0.15) is 0 Å². The molecule has 0 saturated heterocycles. The van der Waals surface area contributed by atoms with Crippen molar-refractivity contribution in [2.24, 2.45) is 16.8 Å². The summed E-state index contributed by atoms with van der Waals surface area (Å²) >= 11 is 0. The third-order valence-corrected chi connectivity index (χ3v) is 2.82. The van der Waals surface area contributed by atoms with Gasteiger partial charge in [-0.3, -0.25) is 4.39 Å². The minimum Gasteiger partial charge on any atom is -0.251 e. The molecule has 0 spiro atoms. The number of hydrogen-bond acceptors (Lipinski definition) is 2. The van der Waals surface area contributed by atoms with E-state index in [1.54, 1.807) is 0 Å². The van der Waals surface area contributed by atoms with E-state index in [2.05, 4.69) is 4.99 Å². The number of rotatable bonds is 4. The van der Waals surface area contributed by atoms with Crippen LogP contribution in [-0.4, -0.2) is 19.3 Å². The van der Waals surface area contributed by atoms with Crippen LogP contribution in [0.4, 0.5) is 4.39 Å². The van der Waals surface area contributed by atoms with Gasteiger partial charge in [-0.1, -0.05) is 12.8 Å². The Kier molecular flexibility index (Phi) is 4.69. The molecule has 1 aliphatic rings. The lowest BCUT2D eigenvalue weighted by molar-refractivity contribution is 0.217. The Labute approximate surface area is 78.2 Å². The van der Waals surface area contributed by atoms with E-state index in [1.165, 1.54) is 12.5 Å². The van der Waals surface area contributed by atoms with Gasteiger partial charge in [0.1, 0.15) is 0 Å². The number of isocyanates is 1. The molecule has 1 aliphatic carbocycles. The molecular formula is C10H16FNO. The fraction of sp³-hybridized carbons (Fsp3) is 0.900. The molecule has 0 bridgehead atoms. The topological polar surface area (TPSA) is 29.4 Å². The first-order valence-corrected chi connectivity index (χ1v) is 4.96. The molecule has 2 atom stereocenters. The van der Waals surface area contributed by atoms with Crippen LogP contribution in [0.1, 0.15) is 32.1 Å². The molecular weight excluding hydrogens is 169 g/mol. The first-order chi connectivity index (χ1) is 6.36. The first kappa shape index (κ1) is 10.4. The van der Waals surface area contributed by atoms with Crippen LogP contribution in [0.3, 0.4) is 0 Å². The van der Waals surface area contributed by atoms with E-state index in [1.807, 2.05) is 0 Å². The number of hydrogen-bond donors (Lipinski definition) is 0. The number of nitrogens with zero attached hydrogens (tertiary/aromatic N) is 1. The standard InChI is InChI=1S/C10H16FNO/c11-7-10-3-1-2-9(6-10)4-5-12-8-13/h9-10H,1-7H2. The van der Waals surface area contributed by atoms with Crippen molar-refractivity contribution in [3.05, 3.63) is 0 Å². The van der Waals surface area contributed by atoms with Crippen molar-refractivity contribution in [2.75, 3.05) is 13.2 Å². The number of aliphatic imine (C=N–C) groups is 1. The molecule has 13 heavy (non-hydrogen) atoms. The predicted octanol–water partition coefficient (Wildman–Crippen LogP) is 2.49. The number of alkyl halides is 1. The minimum atomic E-state index is -0.187. The van der Waals surface area contributed by atoms with Gasteiger partial charge < -0.3 is 0 Å². The summed E-state index contributed by atoms with van der Waals surface area (Å²) in [5.74, 6) is 0.838. The van der Waals surface area contributed by atoms with Gasteiger partial charge in [0.05, 0.1) is 13.2 Å². The van der Waals surface area contributed by atoms with Gasteiger partial charge in [0.15, 0.2) is 0 Å². The van der Waals surface area contributed by atoms with Gasteiger partial charge >= 0.3 is 0 Å². The summed E-state index contributed by atoms with van der Waals surface area (Å²) in [5, 5.41) is 0. The largest absolute Gasteiger partial charge is 0.251 e. The van der Waals surface area contributed by atoms with Gasteiger partial charge in [-0.25, -0.2) is 9.79 Å². The van der Waals surface area contributed by atoms with E-state index < -0.39 is 0 Å². The maximum Gasteiger partial charge on any atom is 0.234 e. The Morgan fingerprint density at radius 2 is 2.15 bits per heavy atom. The van der Waals surface area contributed by atoms with E-state index in [0.29, 0.717) is 12.5 Å². The summed E-state index contributed by atoms with van der Waals surface area (Å²) in [6.45, 7) is 0.376. The van der Waals surface area contributed by atoms with Gasteiger partial charge in [0, 0.05) is 0 Å². The van der Waals surface area contributed by atoms with Gasteiger partial charge in [0.2, 0.25) is 6.08 Å². The molecule has 74 valence electrons. The van der Waals surface area contributed by atoms with Crippen LogP contribution < -0.4 is 0 Å². The molecule has 1 fully saturated rings. The van der Waals surface area contributed by atoms with Crippen molar-refractivity contribution >= 4 is 6.08 Å². The van der Waals surface area contributed by atoms with Crippen LogP contribution in [0.25, 0.3) is 0 Å². The smallest absolute Gasteiger partial charge is 0.234 e. The van der Waals surface area contributed by atoms with Crippen molar-refractivity contribution in [3.63, 3.8) is 0 Å². The lowest BCUT2D eigenvalue weighted by atomic mass is 9.80. The second-order valence-corrected chi connectivity index (χ2v) is 3.81. The summed E-state index contributed by atoms with van der Waals surface area (Å²) in [6.07, 6.45) is 6.77. The molecule has 1 saturated carbocycles. The fourth-order valence-corrected chi connectivity index (χ4v) is 2.10. The highest BCUT2D eigenvalue weighted by Crippen LogP contribution is 2.31. The van der Waals surface area contributed by atoms with Crippen molar-refractivity contribution < 1.29 is 9.18 Å². The quantitative estimate of drug-likeness (QED) is 0.488. The van der Waals surface area contributed by atoms with Gasteiger partial charge in [-0.05, 0) is 31.1 Å². The van der Waals surface area contributed by atoms with E-state index in [4.69, 9.17) is 0 Å². The molecule has 0 heterocycles. The average molecular weight is 185 g/mol. The molecule has 0 amide bonds. The van der Waals surface area contributed by atoms with Crippen molar-refractivity contribution in [3.8, 4) is 0 Å². The first-order valence-electron chi connectivity index (χ1n) is 4.96. The SMILES string of the molecule is O=C=NCCC1CCCC(CF)C1. The molecule has 0 aromatic rings. The zero-order valence-corrected chi connectivity index (χ0v) is 7.84. The molecule has 0 aliphatic heterocycles. The summed E-state index contributed by atoms with van der Waals surface area (Å²) in [7, 11) is 0. The van der Waals surface area contributed by atoms with E-state index >= 15 is 0 Å². The van der Waals surface area contributed by atoms with Crippen LogP contribution in [0.15, 0.2) is 4.99 Å². The average Bonchev–Trinajstić information content (AvgIpc) is 2.19. The normalized spacial score (nSPS) is 28.1. The molecule has 0 radical (unpaired) electrons. The van der Waals surface area contributed by atoms with Crippen LogP contribution >= 0.6 is 0 Å². The Hall–Kier alpha value is -0.690. The minimum absolute atomic E-state index is 0.187. The Balaban J connectivity index is 2.21. The molecule has 1 rings (SSSR count). The summed E-state index contributed by atoms with van der Waals surface area (Å²) in [4.78, 5) is 13.3. The van der Waals surface area contributed by atoms with E-state index in [0.717, 1.165) is 25.7 Å². The Bertz CT molecular complexity index is 189. The number of carbonyl (C=O) groups excluding carboxylic acids is 1. The maximum atomic E-state index is 12.4. The van der Waals surface area contributed by atoms with Gasteiger partial charge in [0.25, 0.3) is 0 Å². The summed E-state index contributed by atoms with van der Waals surface area (Å²) in [6, 6.07) is 0. The van der Waals surface area contributed by atoms with Crippen LogP contribution in [0.5, 0.6) is 0 Å².